The summed E-state index contributed by atoms with van der Waals surface area (Å²) in [6, 6.07) is 1.49. The molecular formula is C8H7ClN2O2. The van der Waals surface area contributed by atoms with Gasteiger partial charge >= 0.3 is 5.97 Å². The molecule has 0 aromatic carbocycles. The number of aromatic carboxylic acids is 1. The van der Waals surface area contributed by atoms with E-state index in [4.69, 9.17) is 16.7 Å². The third-order valence-corrected chi connectivity index (χ3v) is 2.10. The zero-order chi connectivity index (χ0) is 9.42. The maximum atomic E-state index is 10.6. The molecule has 68 valence electrons. The summed E-state index contributed by atoms with van der Waals surface area (Å²) in [6.45, 7) is 0. The largest absolute Gasteiger partial charge is 0.477 e. The highest BCUT2D eigenvalue weighted by Crippen LogP contribution is 2.39. The molecule has 0 amide bonds. The Kier molecular flexibility index (Phi) is 1.92. The highest BCUT2D eigenvalue weighted by molar-refractivity contribution is 6.28. The zero-order valence-corrected chi connectivity index (χ0v) is 7.45. The molecule has 0 radical (unpaired) electrons. The highest BCUT2D eigenvalue weighted by atomic mass is 35.5. The van der Waals surface area contributed by atoms with E-state index in [0.29, 0.717) is 5.92 Å². The van der Waals surface area contributed by atoms with Crippen LogP contribution < -0.4 is 0 Å². The Balaban J connectivity index is 2.41. The fourth-order valence-electron chi connectivity index (χ4n) is 1.13. The second kappa shape index (κ2) is 2.96. The molecule has 0 atom stereocenters. The number of carboxylic acid groups (broad SMARTS) is 1. The van der Waals surface area contributed by atoms with Crippen molar-refractivity contribution < 1.29 is 9.90 Å². The second-order valence-corrected chi connectivity index (χ2v) is 3.36. The van der Waals surface area contributed by atoms with Gasteiger partial charge in [-0.1, -0.05) is 0 Å². The van der Waals surface area contributed by atoms with Crippen molar-refractivity contribution in [2.24, 2.45) is 0 Å². The Bertz CT molecular complexity index is 363. The van der Waals surface area contributed by atoms with Crippen LogP contribution in [-0.4, -0.2) is 21.0 Å². The van der Waals surface area contributed by atoms with Crippen LogP contribution in [0.4, 0.5) is 0 Å². The molecule has 5 heteroatoms. The number of carboxylic acids is 1. The van der Waals surface area contributed by atoms with Crippen molar-refractivity contribution in [2.75, 3.05) is 0 Å². The van der Waals surface area contributed by atoms with Crippen molar-refractivity contribution in [1.29, 1.82) is 0 Å². The normalized spacial score (nSPS) is 15.8. The van der Waals surface area contributed by atoms with Crippen molar-refractivity contribution in [3.63, 3.8) is 0 Å². The van der Waals surface area contributed by atoms with E-state index < -0.39 is 5.97 Å². The van der Waals surface area contributed by atoms with Crippen molar-refractivity contribution in [3.05, 3.63) is 22.7 Å². The average Bonchev–Trinajstić information content (AvgIpc) is 2.85. The third-order valence-electron chi connectivity index (χ3n) is 1.93. The summed E-state index contributed by atoms with van der Waals surface area (Å²) in [7, 11) is 0. The maximum absolute atomic E-state index is 10.6. The smallest absolute Gasteiger partial charge is 0.354 e. The quantitative estimate of drug-likeness (QED) is 0.735. The number of rotatable bonds is 2. The van der Waals surface area contributed by atoms with Gasteiger partial charge in [-0.05, 0) is 30.5 Å². The van der Waals surface area contributed by atoms with E-state index in [1.807, 2.05) is 0 Å². The number of aromatic nitrogens is 2. The predicted molar refractivity (Wildman–Crippen MR) is 46.0 cm³/mol. The van der Waals surface area contributed by atoms with Crippen LogP contribution in [-0.2, 0) is 0 Å². The Morgan fingerprint density at radius 3 is 2.77 bits per heavy atom. The van der Waals surface area contributed by atoms with Crippen LogP contribution in [0.5, 0.6) is 0 Å². The van der Waals surface area contributed by atoms with E-state index in [2.05, 4.69) is 9.97 Å². The molecule has 1 aliphatic rings. The van der Waals surface area contributed by atoms with Gasteiger partial charge in [-0.15, -0.1) is 0 Å². The van der Waals surface area contributed by atoms with E-state index in [1.54, 1.807) is 0 Å². The van der Waals surface area contributed by atoms with Gasteiger partial charge in [-0.3, -0.25) is 0 Å². The summed E-state index contributed by atoms with van der Waals surface area (Å²) >= 11 is 5.58. The summed E-state index contributed by atoms with van der Waals surface area (Å²) in [5.74, 6) is -0.676. The lowest BCUT2D eigenvalue weighted by atomic mass is 10.2. The number of hydrogen-bond donors (Lipinski definition) is 1. The second-order valence-electron chi connectivity index (χ2n) is 3.03. The van der Waals surface area contributed by atoms with Crippen molar-refractivity contribution in [3.8, 4) is 0 Å². The van der Waals surface area contributed by atoms with E-state index in [0.717, 1.165) is 18.5 Å². The molecule has 0 unspecified atom stereocenters. The molecule has 1 saturated carbocycles. The SMILES string of the molecule is O=C(O)c1cc(C2CC2)nc(Cl)n1. The first kappa shape index (κ1) is 8.44. The molecule has 1 heterocycles. The van der Waals surface area contributed by atoms with Gasteiger partial charge in [0.2, 0.25) is 5.28 Å². The molecule has 0 aliphatic heterocycles. The lowest BCUT2D eigenvalue weighted by Crippen LogP contribution is -2.03. The monoisotopic (exact) mass is 198 g/mol. The van der Waals surface area contributed by atoms with Crippen LogP contribution in [0.1, 0.15) is 34.9 Å². The van der Waals surface area contributed by atoms with Crippen LogP contribution in [0.15, 0.2) is 6.07 Å². The minimum Gasteiger partial charge on any atom is -0.477 e. The van der Waals surface area contributed by atoms with Crippen molar-refractivity contribution in [1.82, 2.24) is 9.97 Å². The van der Waals surface area contributed by atoms with Crippen LogP contribution in [0.25, 0.3) is 0 Å². The Morgan fingerprint density at radius 2 is 2.23 bits per heavy atom. The summed E-state index contributed by atoms with van der Waals surface area (Å²) in [6.07, 6.45) is 2.12. The molecule has 2 rings (SSSR count). The van der Waals surface area contributed by atoms with E-state index in [1.165, 1.54) is 6.07 Å². The van der Waals surface area contributed by atoms with Gasteiger partial charge in [0.15, 0.2) is 5.69 Å². The van der Waals surface area contributed by atoms with E-state index in [9.17, 15) is 4.79 Å². The molecule has 1 N–H and O–H groups in total. The fraction of sp³-hybridized carbons (Fsp3) is 0.375. The van der Waals surface area contributed by atoms with E-state index >= 15 is 0 Å². The lowest BCUT2D eigenvalue weighted by Gasteiger charge is -1.99. The first-order valence-electron chi connectivity index (χ1n) is 3.94. The molecular weight excluding hydrogens is 192 g/mol. The summed E-state index contributed by atoms with van der Waals surface area (Å²) in [5, 5.41) is 8.70. The number of carbonyl (C=O) groups is 1. The summed E-state index contributed by atoms with van der Waals surface area (Å²) in [4.78, 5) is 18.2. The minimum atomic E-state index is -1.06. The Labute approximate surface area is 79.6 Å². The molecule has 0 saturated heterocycles. The van der Waals surface area contributed by atoms with Gasteiger partial charge in [-0.25, -0.2) is 14.8 Å². The predicted octanol–water partition coefficient (Wildman–Crippen LogP) is 1.71. The van der Waals surface area contributed by atoms with E-state index in [-0.39, 0.29) is 11.0 Å². The van der Waals surface area contributed by atoms with Crippen molar-refractivity contribution in [2.45, 2.75) is 18.8 Å². The fourth-order valence-corrected chi connectivity index (χ4v) is 1.32. The van der Waals surface area contributed by atoms with Gasteiger partial charge in [0.25, 0.3) is 0 Å². The van der Waals surface area contributed by atoms with Crippen molar-refractivity contribution >= 4 is 17.6 Å². The average molecular weight is 199 g/mol. The zero-order valence-electron chi connectivity index (χ0n) is 6.70. The first-order chi connectivity index (χ1) is 6.16. The standard InChI is InChI=1S/C8H7ClN2O2/c9-8-10-5(4-1-2-4)3-6(11-8)7(12)13/h3-4H,1-2H2,(H,12,13). The van der Waals surface area contributed by atoms with Gasteiger partial charge in [-0.2, -0.15) is 0 Å². The molecule has 13 heavy (non-hydrogen) atoms. The molecule has 0 bridgehead atoms. The van der Waals surface area contributed by atoms with Gasteiger partial charge in [0.1, 0.15) is 0 Å². The lowest BCUT2D eigenvalue weighted by molar-refractivity contribution is 0.0690. The van der Waals surface area contributed by atoms with Gasteiger partial charge < -0.3 is 5.11 Å². The topological polar surface area (TPSA) is 63.1 Å². The minimum absolute atomic E-state index is 0.0156. The molecule has 1 fully saturated rings. The first-order valence-corrected chi connectivity index (χ1v) is 4.32. The van der Waals surface area contributed by atoms with Crippen LogP contribution in [0.3, 0.4) is 0 Å². The van der Waals surface area contributed by atoms with Crippen LogP contribution >= 0.6 is 11.6 Å². The third kappa shape index (κ3) is 1.78. The molecule has 4 nitrogen and oxygen atoms in total. The van der Waals surface area contributed by atoms with Gasteiger partial charge in [0, 0.05) is 11.6 Å². The molecule has 0 spiro atoms. The van der Waals surface area contributed by atoms with Crippen LogP contribution in [0, 0.1) is 0 Å². The van der Waals surface area contributed by atoms with Gasteiger partial charge in [0.05, 0.1) is 0 Å². The summed E-state index contributed by atoms with van der Waals surface area (Å²) in [5.41, 5.74) is 0.722. The molecule has 1 aromatic heterocycles. The number of hydrogen-bond acceptors (Lipinski definition) is 3. The molecule has 1 aromatic rings. The molecule has 1 aliphatic carbocycles. The Morgan fingerprint density at radius 1 is 1.54 bits per heavy atom. The maximum Gasteiger partial charge on any atom is 0.354 e. The number of nitrogens with zero attached hydrogens (tertiary/aromatic N) is 2. The highest BCUT2D eigenvalue weighted by Gasteiger charge is 2.26. The number of halogens is 1. The summed E-state index contributed by atoms with van der Waals surface area (Å²) < 4.78 is 0. The Hall–Kier alpha value is -1.16. The van der Waals surface area contributed by atoms with Crippen LogP contribution in [0.2, 0.25) is 5.28 Å².